The zero-order valence-corrected chi connectivity index (χ0v) is 13.5. The number of rotatable bonds is 5. The van der Waals surface area contributed by atoms with Crippen LogP contribution < -0.4 is 5.32 Å². The van der Waals surface area contributed by atoms with Crippen molar-refractivity contribution < 1.29 is 0 Å². The molecular weight excluding hydrogens is 234 g/mol. The molecule has 0 unspecified atom stereocenters. The van der Waals surface area contributed by atoms with Gasteiger partial charge in [-0.15, -0.1) is 0 Å². The smallest absolute Gasteiger partial charge is 0.0750 e. The average molecular weight is 263 g/mol. The molecule has 0 fully saturated rings. The maximum absolute atomic E-state index is 4.60. The van der Waals surface area contributed by atoms with E-state index in [-0.39, 0.29) is 5.41 Å². The van der Waals surface area contributed by atoms with Gasteiger partial charge >= 0.3 is 0 Å². The van der Waals surface area contributed by atoms with E-state index < -0.39 is 0 Å². The van der Waals surface area contributed by atoms with E-state index in [4.69, 9.17) is 0 Å². The molecule has 108 valence electrons. The normalized spacial score (nSPS) is 13.4. The summed E-state index contributed by atoms with van der Waals surface area (Å²) in [4.78, 5) is 0. The van der Waals surface area contributed by atoms with Crippen LogP contribution in [0.15, 0.2) is 11.8 Å². The Morgan fingerprint density at radius 1 is 1.42 bits per heavy atom. The topological polar surface area (TPSA) is 29.9 Å². The van der Waals surface area contributed by atoms with E-state index in [2.05, 4.69) is 64.2 Å². The highest BCUT2D eigenvalue weighted by Gasteiger charge is 2.20. The number of aromatic nitrogens is 2. The zero-order chi connectivity index (χ0) is 14.6. The summed E-state index contributed by atoms with van der Waals surface area (Å²) < 4.78 is 1.90. The first-order valence-corrected chi connectivity index (χ1v) is 7.12. The highest BCUT2D eigenvalue weighted by molar-refractivity contribution is 5.55. The molecule has 3 nitrogen and oxygen atoms in total. The van der Waals surface area contributed by atoms with Gasteiger partial charge in [0.1, 0.15) is 0 Å². The predicted octanol–water partition coefficient (Wildman–Crippen LogP) is 3.37. The first kappa shape index (κ1) is 16.0. The Bertz CT molecular complexity index is 433. The summed E-state index contributed by atoms with van der Waals surface area (Å²) in [6.07, 6.45) is 4.35. The first-order valence-electron chi connectivity index (χ1n) is 7.12. The molecule has 0 saturated heterocycles. The molecule has 0 aliphatic carbocycles. The summed E-state index contributed by atoms with van der Waals surface area (Å²) in [7, 11) is 1.99. The van der Waals surface area contributed by atoms with Crippen molar-refractivity contribution in [3.8, 4) is 0 Å². The number of nitrogens with one attached hydrogen (secondary N) is 1. The third-order valence-electron chi connectivity index (χ3n) is 2.93. The van der Waals surface area contributed by atoms with Gasteiger partial charge in [-0.05, 0) is 19.4 Å². The standard InChI is InChI=1S/C16H29N3/c1-12(2)9-17-10-13(3)8-14-11-19(7)18-15(14)16(4,5)6/h8,11-12,17H,9-10H2,1-7H3. The van der Waals surface area contributed by atoms with Crippen molar-refractivity contribution in [2.24, 2.45) is 13.0 Å². The second-order valence-electron chi connectivity index (χ2n) is 6.87. The number of aryl methyl sites for hydroxylation is 1. The Morgan fingerprint density at radius 3 is 2.58 bits per heavy atom. The fourth-order valence-corrected chi connectivity index (χ4v) is 2.07. The number of hydrogen-bond acceptors (Lipinski definition) is 2. The van der Waals surface area contributed by atoms with E-state index in [1.165, 1.54) is 16.8 Å². The largest absolute Gasteiger partial charge is 0.313 e. The van der Waals surface area contributed by atoms with E-state index in [1.807, 2.05) is 11.7 Å². The highest BCUT2D eigenvalue weighted by Crippen LogP contribution is 2.25. The molecule has 1 rings (SSSR count). The minimum Gasteiger partial charge on any atom is -0.313 e. The molecule has 1 N–H and O–H groups in total. The number of hydrogen-bond donors (Lipinski definition) is 1. The average Bonchev–Trinajstić information content (AvgIpc) is 2.58. The minimum absolute atomic E-state index is 0.0821. The summed E-state index contributed by atoms with van der Waals surface area (Å²) in [5, 5.41) is 8.07. The van der Waals surface area contributed by atoms with E-state index >= 15 is 0 Å². The summed E-state index contributed by atoms with van der Waals surface area (Å²) in [6, 6.07) is 0. The van der Waals surface area contributed by atoms with Gasteiger partial charge in [0.05, 0.1) is 5.69 Å². The third kappa shape index (κ3) is 5.19. The van der Waals surface area contributed by atoms with E-state index in [9.17, 15) is 0 Å². The molecule has 1 aromatic rings. The molecule has 19 heavy (non-hydrogen) atoms. The van der Waals surface area contributed by atoms with Crippen molar-refractivity contribution in [1.82, 2.24) is 15.1 Å². The van der Waals surface area contributed by atoms with Gasteiger partial charge in [-0.2, -0.15) is 5.10 Å². The van der Waals surface area contributed by atoms with Crippen LogP contribution in [0.5, 0.6) is 0 Å². The van der Waals surface area contributed by atoms with Crippen molar-refractivity contribution in [3.05, 3.63) is 23.0 Å². The molecule has 0 spiro atoms. The lowest BCUT2D eigenvalue weighted by atomic mass is 9.89. The van der Waals surface area contributed by atoms with E-state index in [1.54, 1.807) is 0 Å². The lowest BCUT2D eigenvalue weighted by Crippen LogP contribution is -2.21. The van der Waals surface area contributed by atoms with Crippen molar-refractivity contribution in [2.45, 2.75) is 47.0 Å². The van der Waals surface area contributed by atoms with Gasteiger partial charge in [-0.1, -0.05) is 46.3 Å². The molecule has 0 atom stereocenters. The quantitative estimate of drug-likeness (QED) is 0.882. The molecule has 0 aliphatic rings. The maximum Gasteiger partial charge on any atom is 0.0750 e. The van der Waals surface area contributed by atoms with Crippen LogP contribution in [0.25, 0.3) is 6.08 Å². The second-order valence-corrected chi connectivity index (χ2v) is 6.87. The Morgan fingerprint density at radius 2 is 2.05 bits per heavy atom. The Balaban J connectivity index is 2.80. The molecule has 0 radical (unpaired) electrons. The molecular formula is C16H29N3. The molecule has 3 heteroatoms. The number of nitrogens with zero attached hydrogens (tertiary/aromatic N) is 2. The molecule has 1 aromatic heterocycles. The van der Waals surface area contributed by atoms with Gasteiger partial charge in [0.25, 0.3) is 0 Å². The van der Waals surface area contributed by atoms with Crippen LogP contribution in [0.1, 0.15) is 52.8 Å². The minimum atomic E-state index is 0.0821. The predicted molar refractivity (Wildman–Crippen MR) is 83.3 cm³/mol. The van der Waals surface area contributed by atoms with Gasteiger partial charge in [-0.25, -0.2) is 0 Å². The summed E-state index contributed by atoms with van der Waals surface area (Å²) in [5.41, 5.74) is 3.83. The summed E-state index contributed by atoms with van der Waals surface area (Å²) in [5.74, 6) is 0.691. The van der Waals surface area contributed by atoms with Crippen LogP contribution in [0.4, 0.5) is 0 Å². The summed E-state index contributed by atoms with van der Waals surface area (Å²) >= 11 is 0. The highest BCUT2D eigenvalue weighted by atomic mass is 15.3. The SMILES string of the molecule is CC(=Cc1cn(C)nc1C(C)(C)C)CNCC(C)C. The Hall–Kier alpha value is -1.09. The van der Waals surface area contributed by atoms with Crippen LogP contribution in [0.3, 0.4) is 0 Å². The lowest BCUT2D eigenvalue weighted by Gasteiger charge is -2.16. The van der Waals surface area contributed by atoms with Gasteiger partial charge in [0.2, 0.25) is 0 Å². The Labute approximate surface area is 118 Å². The Kier molecular flexibility index (Phi) is 5.36. The van der Waals surface area contributed by atoms with Gasteiger partial charge in [0, 0.05) is 30.8 Å². The summed E-state index contributed by atoms with van der Waals surface area (Å²) in [6.45, 7) is 15.3. The van der Waals surface area contributed by atoms with Crippen molar-refractivity contribution in [1.29, 1.82) is 0 Å². The van der Waals surface area contributed by atoms with E-state index in [0.717, 1.165) is 13.1 Å². The maximum atomic E-state index is 4.60. The van der Waals surface area contributed by atoms with Crippen LogP contribution in [-0.4, -0.2) is 22.9 Å². The molecule has 1 heterocycles. The van der Waals surface area contributed by atoms with Crippen molar-refractivity contribution in [3.63, 3.8) is 0 Å². The van der Waals surface area contributed by atoms with Gasteiger partial charge < -0.3 is 5.32 Å². The third-order valence-corrected chi connectivity index (χ3v) is 2.93. The van der Waals surface area contributed by atoms with Crippen LogP contribution in [0, 0.1) is 5.92 Å². The van der Waals surface area contributed by atoms with Crippen molar-refractivity contribution >= 4 is 6.08 Å². The van der Waals surface area contributed by atoms with E-state index in [0.29, 0.717) is 5.92 Å². The molecule has 0 aliphatic heterocycles. The monoisotopic (exact) mass is 263 g/mol. The molecule has 0 bridgehead atoms. The van der Waals surface area contributed by atoms with Crippen LogP contribution in [-0.2, 0) is 12.5 Å². The second kappa shape index (κ2) is 6.38. The molecule has 0 saturated carbocycles. The first-order chi connectivity index (χ1) is 8.70. The fourth-order valence-electron chi connectivity index (χ4n) is 2.07. The molecule has 0 amide bonds. The van der Waals surface area contributed by atoms with Crippen LogP contribution in [0.2, 0.25) is 0 Å². The van der Waals surface area contributed by atoms with Crippen LogP contribution >= 0.6 is 0 Å². The van der Waals surface area contributed by atoms with Gasteiger partial charge in [0.15, 0.2) is 0 Å². The molecule has 0 aromatic carbocycles. The zero-order valence-electron chi connectivity index (χ0n) is 13.5. The fraction of sp³-hybridized carbons (Fsp3) is 0.688. The lowest BCUT2D eigenvalue weighted by molar-refractivity contribution is 0.552. The van der Waals surface area contributed by atoms with Gasteiger partial charge in [-0.3, -0.25) is 4.68 Å². The van der Waals surface area contributed by atoms with Crippen molar-refractivity contribution in [2.75, 3.05) is 13.1 Å².